The lowest BCUT2D eigenvalue weighted by molar-refractivity contribution is -0.142. The van der Waals surface area contributed by atoms with Gasteiger partial charge in [-0.05, 0) is 24.6 Å². The molecule has 1 aromatic heterocycles. The number of nitrogens with one attached hydrogen (secondary N) is 1. The molecule has 0 amide bonds. The zero-order valence-corrected chi connectivity index (χ0v) is 18.0. The lowest BCUT2D eigenvalue weighted by atomic mass is 10.1. The molecule has 0 bridgehead atoms. The Morgan fingerprint density at radius 2 is 2.00 bits per heavy atom. The van der Waals surface area contributed by atoms with Gasteiger partial charge in [0.25, 0.3) is 0 Å². The first-order chi connectivity index (χ1) is 14.2. The molecule has 0 saturated carbocycles. The van der Waals surface area contributed by atoms with Crippen LogP contribution in [0.1, 0.15) is 30.7 Å². The molecule has 1 N–H and O–H groups in total. The minimum atomic E-state index is -0.262. The molecule has 3 rings (SSSR count). The van der Waals surface area contributed by atoms with Crippen molar-refractivity contribution in [1.82, 2.24) is 14.8 Å². The summed E-state index contributed by atoms with van der Waals surface area (Å²) in [5, 5.41) is 6.86. The predicted octanol–water partition coefficient (Wildman–Crippen LogP) is 2.83. The van der Waals surface area contributed by atoms with Crippen LogP contribution in [0.25, 0.3) is 0 Å². The number of ether oxygens (including phenoxy) is 1. The van der Waals surface area contributed by atoms with Crippen LogP contribution in [0.5, 0.6) is 0 Å². The van der Waals surface area contributed by atoms with Gasteiger partial charge in [0, 0.05) is 38.1 Å². The van der Waals surface area contributed by atoms with Crippen LogP contribution >= 0.6 is 11.3 Å². The smallest absolute Gasteiger partial charge is 0.311 e. The monoisotopic (exact) mass is 415 g/mol. The third-order valence-corrected chi connectivity index (χ3v) is 5.70. The Bertz CT molecular complexity index is 815. The van der Waals surface area contributed by atoms with Crippen molar-refractivity contribution >= 4 is 28.7 Å². The third kappa shape index (κ3) is 6.62. The standard InChI is InChI=1S/C21H29N5O2S/c1-3-25-9-11-26(12-10-25)15-18-8-6-5-7-17(18)14-22-24-21-23-19(16-29-21)13-20(27)28-4-2/h5-8,14,16H,3-4,9-13,15H2,1-2H3,(H,23,24). The fourth-order valence-electron chi connectivity index (χ4n) is 3.27. The van der Waals surface area contributed by atoms with E-state index >= 15 is 0 Å². The second kappa shape index (κ2) is 11.0. The number of aromatic nitrogens is 1. The lowest BCUT2D eigenvalue weighted by Crippen LogP contribution is -2.45. The Hall–Kier alpha value is -2.29. The lowest BCUT2D eigenvalue weighted by Gasteiger charge is -2.34. The summed E-state index contributed by atoms with van der Waals surface area (Å²) < 4.78 is 4.95. The van der Waals surface area contributed by atoms with Crippen LogP contribution in [0, 0.1) is 0 Å². The molecule has 0 atom stereocenters. The van der Waals surface area contributed by atoms with Gasteiger partial charge in [-0.25, -0.2) is 4.98 Å². The average Bonchev–Trinajstić information content (AvgIpc) is 3.17. The van der Waals surface area contributed by atoms with E-state index in [0.717, 1.165) is 44.8 Å². The molecule has 8 heteroatoms. The molecule has 1 aromatic carbocycles. The molecule has 1 aliphatic rings. The van der Waals surface area contributed by atoms with E-state index in [1.807, 2.05) is 17.7 Å². The quantitative estimate of drug-likeness (QED) is 0.386. The van der Waals surface area contributed by atoms with E-state index < -0.39 is 0 Å². The van der Waals surface area contributed by atoms with E-state index in [1.54, 1.807) is 6.92 Å². The van der Waals surface area contributed by atoms with Crippen molar-refractivity contribution in [2.45, 2.75) is 26.8 Å². The van der Waals surface area contributed by atoms with Gasteiger partial charge in [-0.3, -0.25) is 15.1 Å². The molecule has 1 fully saturated rings. The summed E-state index contributed by atoms with van der Waals surface area (Å²) in [5.74, 6) is -0.262. The maximum Gasteiger partial charge on any atom is 0.311 e. The molecule has 0 spiro atoms. The largest absolute Gasteiger partial charge is 0.466 e. The maximum atomic E-state index is 11.5. The number of benzene rings is 1. The van der Waals surface area contributed by atoms with Gasteiger partial charge in [-0.2, -0.15) is 5.10 Å². The number of esters is 1. The highest BCUT2D eigenvalue weighted by atomic mass is 32.1. The molecule has 1 saturated heterocycles. The van der Waals surface area contributed by atoms with E-state index in [2.05, 4.69) is 50.4 Å². The second-order valence-electron chi connectivity index (χ2n) is 6.91. The zero-order chi connectivity index (χ0) is 20.5. The van der Waals surface area contributed by atoms with E-state index in [9.17, 15) is 4.79 Å². The average molecular weight is 416 g/mol. The Morgan fingerprint density at radius 1 is 1.24 bits per heavy atom. The summed E-state index contributed by atoms with van der Waals surface area (Å²) in [7, 11) is 0. The van der Waals surface area contributed by atoms with Crippen molar-refractivity contribution in [3.63, 3.8) is 0 Å². The van der Waals surface area contributed by atoms with Crippen LogP contribution in [-0.4, -0.2) is 66.3 Å². The fourth-order valence-corrected chi connectivity index (χ4v) is 3.92. The number of anilines is 1. The van der Waals surface area contributed by atoms with Crippen molar-refractivity contribution in [3.8, 4) is 0 Å². The predicted molar refractivity (Wildman–Crippen MR) is 118 cm³/mol. The van der Waals surface area contributed by atoms with Crippen molar-refractivity contribution in [2.75, 3.05) is 44.8 Å². The van der Waals surface area contributed by atoms with Crippen molar-refractivity contribution < 1.29 is 9.53 Å². The molecule has 0 aliphatic carbocycles. The van der Waals surface area contributed by atoms with E-state index in [0.29, 0.717) is 17.4 Å². The third-order valence-electron chi connectivity index (χ3n) is 4.91. The van der Waals surface area contributed by atoms with Gasteiger partial charge in [0.2, 0.25) is 5.13 Å². The number of hydrogen-bond acceptors (Lipinski definition) is 8. The van der Waals surface area contributed by atoms with Crippen LogP contribution < -0.4 is 5.43 Å². The molecule has 0 unspecified atom stereocenters. The molecule has 0 radical (unpaired) electrons. The van der Waals surface area contributed by atoms with Crippen LogP contribution in [0.4, 0.5) is 5.13 Å². The highest BCUT2D eigenvalue weighted by Gasteiger charge is 2.16. The molecular weight excluding hydrogens is 386 g/mol. The van der Waals surface area contributed by atoms with E-state index in [-0.39, 0.29) is 12.4 Å². The Kier molecular flexibility index (Phi) is 8.15. The van der Waals surface area contributed by atoms with Gasteiger partial charge in [0.05, 0.1) is 24.9 Å². The minimum Gasteiger partial charge on any atom is -0.466 e. The Labute approximate surface area is 176 Å². The SMILES string of the molecule is CCOC(=O)Cc1csc(NN=Cc2ccccc2CN2CCN(CC)CC2)n1. The normalized spacial score (nSPS) is 15.7. The summed E-state index contributed by atoms with van der Waals surface area (Å²) in [4.78, 5) is 20.9. The van der Waals surface area contributed by atoms with E-state index in [1.165, 1.54) is 16.9 Å². The maximum absolute atomic E-state index is 11.5. The second-order valence-corrected chi connectivity index (χ2v) is 7.76. The number of carbonyl (C=O) groups is 1. The summed E-state index contributed by atoms with van der Waals surface area (Å²) in [5.41, 5.74) is 6.03. The number of nitrogens with zero attached hydrogens (tertiary/aromatic N) is 4. The Morgan fingerprint density at radius 3 is 2.76 bits per heavy atom. The minimum absolute atomic E-state index is 0.184. The van der Waals surface area contributed by atoms with Gasteiger partial charge >= 0.3 is 5.97 Å². The highest BCUT2D eigenvalue weighted by Crippen LogP contribution is 2.17. The van der Waals surface area contributed by atoms with Gasteiger partial charge in [0.15, 0.2) is 0 Å². The summed E-state index contributed by atoms with van der Waals surface area (Å²) >= 11 is 1.42. The first-order valence-electron chi connectivity index (χ1n) is 10.1. The molecule has 156 valence electrons. The van der Waals surface area contributed by atoms with E-state index in [4.69, 9.17) is 4.74 Å². The number of thiazole rings is 1. The fraction of sp³-hybridized carbons (Fsp3) is 0.476. The molecular formula is C21H29N5O2S. The number of likely N-dealkylation sites (N-methyl/N-ethyl adjacent to an activating group) is 1. The van der Waals surface area contributed by atoms with Crippen LogP contribution in [-0.2, 0) is 22.5 Å². The van der Waals surface area contributed by atoms with Crippen molar-refractivity contribution in [1.29, 1.82) is 0 Å². The van der Waals surface area contributed by atoms with Gasteiger partial charge in [0.1, 0.15) is 0 Å². The highest BCUT2D eigenvalue weighted by molar-refractivity contribution is 7.13. The molecule has 2 aromatic rings. The number of hydrazone groups is 1. The number of rotatable bonds is 9. The van der Waals surface area contributed by atoms with Crippen LogP contribution in [0.2, 0.25) is 0 Å². The van der Waals surface area contributed by atoms with Crippen molar-refractivity contribution in [3.05, 3.63) is 46.5 Å². The zero-order valence-electron chi connectivity index (χ0n) is 17.1. The number of hydrogen-bond donors (Lipinski definition) is 1. The number of piperazine rings is 1. The summed E-state index contributed by atoms with van der Waals surface area (Å²) in [6.07, 6.45) is 2.02. The van der Waals surface area contributed by atoms with Crippen molar-refractivity contribution in [2.24, 2.45) is 5.10 Å². The molecule has 2 heterocycles. The summed E-state index contributed by atoms with van der Waals surface area (Å²) in [6, 6.07) is 8.34. The summed E-state index contributed by atoms with van der Waals surface area (Å²) in [6.45, 7) is 10.9. The molecule has 7 nitrogen and oxygen atoms in total. The Balaban J connectivity index is 1.55. The topological polar surface area (TPSA) is 70.1 Å². The molecule has 29 heavy (non-hydrogen) atoms. The first kappa shape index (κ1) is 21.4. The first-order valence-corrected chi connectivity index (χ1v) is 11.0. The number of carbonyl (C=O) groups excluding carboxylic acids is 1. The van der Waals surface area contributed by atoms with Gasteiger partial charge < -0.3 is 9.64 Å². The van der Waals surface area contributed by atoms with Crippen LogP contribution in [0.15, 0.2) is 34.7 Å². The van der Waals surface area contributed by atoms with Gasteiger partial charge in [-0.1, -0.05) is 31.2 Å². The van der Waals surface area contributed by atoms with Gasteiger partial charge in [-0.15, -0.1) is 11.3 Å². The molecule has 1 aliphatic heterocycles. The van der Waals surface area contributed by atoms with Crippen LogP contribution in [0.3, 0.4) is 0 Å².